The lowest BCUT2D eigenvalue weighted by molar-refractivity contribution is 0.393. The molecule has 2 rings (SSSR count). The maximum atomic E-state index is 3.50. The Morgan fingerprint density at radius 1 is 1.11 bits per heavy atom. The van der Waals surface area contributed by atoms with Crippen molar-refractivity contribution in [1.82, 2.24) is 14.8 Å². The van der Waals surface area contributed by atoms with Crippen molar-refractivity contribution in [3.8, 4) is 0 Å². The number of hydrogen-bond acceptors (Lipinski definition) is 2. The second-order valence-electron chi connectivity index (χ2n) is 4.97. The van der Waals surface area contributed by atoms with Gasteiger partial charge in [-0.3, -0.25) is 0 Å². The van der Waals surface area contributed by atoms with Crippen molar-refractivity contribution in [2.24, 2.45) is 0 Å². The normalized spacial score (nSPS) is 11.5. The molecule has 1 aromatic carbocycles. The first-order chi connectivity index (χ1) is 8.77. The van der Waals surface area contributed by atoms with Gasteiger partial charge in [-0.2, -0.15) is 0 Å². The first-order valence-corrected chi connectivity index (χ1v) is 6.67. The van der Waals surface area contributed by atoms with Crippen molar-refractivity contribution in [2.75, 3.05) is 33.7 Å². The Morgan fingerprint density at radius 3 is 2.78 bits per heavy atom. The van der Waals surface area contributed by atoms with Crippen LogP contribution in [0.25, 0.3) is 10.9 Å². The van der Waals surface area contributed by atoms with Crippen molar-refractivity contribution in [1.29, 1.82) is 0 Å². The van der Waals surface area contributed by atoms with Crippen molar-refractivity contribution >= 4 is 10.9 Å². The number of fused-ring (bicyclic) bond motifs is 1. The summed E-state index contributed by atoms with van der Waals surface area (Å²) in [5.41, 5.74) is 1.33. The molecule has 0 fully saturated rings. The Morgan fingerprint density at radius 2 is 1.94 bits per heavy atom. The van der Waals surface area contributed by atoms with Gasteiger partial charge in [0.15, 0.2) is 0 Å². The summed E-state index contributed by atoms with van der Waals surface area (Å²) in [5.74, 6) is 0. The molecule has 3 nitrogen and oxygen atoms in total. The van der Waals surface area contributed by atoms with E-state index in [4.69, 9.17) is 0 Å². The summed E-state index contributed by atoms with van der Waals surface area (Å²) in [6.45, 7) is 4.32. The Balaban J connectivity index is 1.74. The van der Waals surface area contributed by atoms with E-state index in [1.165, 1.54) is 17.3 Å². The van der Waals surface area contributed by atoms with Crippen molar-refractivity contribution in [3.05, 3.63) is 36.5 Å². The third kappa shape index (κ3) is 3.59. The van der Waals surface area contributed by atoms with E-state index < -0.39 is 0 Å². The summed E-state index contributed by atoms with van der Waals surface area (Å²) < 4.78 is 2.31. The monoisotopic (exact) mass is 245 g/mol. The molecule has 18 heavy (non-hydrogen) atoms. The Bertz CT molecular complexity index is 473. The van der Waals surface area contributed by atoms with Gasteiger partial charge >= 0.3 is 0 Å². The van der Waals surface area contributed by atoms with E-state index in [0.717, 1.165) is 26.2 Å². The van der Waals surface area contributed by atoms with Crippen LogP contribution in [-0.2, 0) is 6.54 Å². The van der Waals surface area contributed by atoms with E-state index in [0.29, 0.717) is 0 Å². The molecule has 3 heteroatoms. The van der Waals surface area contributed by atoms with E-state index in [1.807, 2.05) is 0 Å². The molecule has 1 heterocycles. The van der Waals surface area contributed by atoms with Crippen molar-refractivity contribution in [3.63, 3.8) is 0 Å². The zero-order valence-electron chi connectivity index (χ0n) is 11.4. The summed E-state index contributed by atoms with van der Waals surface area (Å²) in [6.07, 6.45) is 3.38. The number of rotatable bonds is 7. The third-order valence-corrected chi connectivity index (χ3v) is 3.17. The number of para-hydroxylation sites is 1. The fraction of sp³-hybridized carbons (Fsp3) is 0.467. The van der Waals surface area contributed by atoms with E-state index >= 15 is 0 Å². The molecule has 1 aromatic heterocycles. The van der Waals surface area contributed by atoms with Crippen LogP contribution < -0.4 is 5.32 Å². The Hall–Kier alpha value is -1.32. The highest BCUT2D eigenvalue weighted by Crippen LogP contribution is 2.14. The Kier molecular flexibility index (Phi) is 4.79. The minimum atomic E-state index is 1.03. The van der Waals surface area contributed by atoms with Crippen molar-refractivity contribution < 1.29 is 0 Å². The van der Waals surface area contributed by atoms with Crippen LogP contribution in [0.5, 0.6) is 0 Å². The topological polar surface area (TPSA) is 20.2 Å². The molecule has 0 aliphatic rings. The maximum absolute atomic E-state index is 3.50. The van der Waals surface area contributed by atoms with Gasteiger partial charge in [-0.25, -0.2) is 0 Å². The highest BCUT2D eigenvalue weighted by atomic mass is 15.1. The van der Waals surface area contributed by atoms with Gasteiger partial charge in [0.25, 0.3) is 0 Å². The zero-order valence-corrected chi connectivity index (χ0v) is 11.4. The molecule has 0 amide bonds. The Labute approximate surface area is 109 Å². The lowest BCUT2D eigenvalue weighted by Gasteiger charge is -2.10. The van der Waals surface area contributed by atoms with Gasteiger partial charge in [0.2, 0.25) is 0 Å². The molecule has 0 saturated heterocycles. The minimum absolute atomic E-state index is 1.03. The molecule has 0 atom stereocenters. The number of benzene rings is 1. The van der Waals surface area contributed by atoms with Crippen LogP contribution >= 0.6 is 0 Å². The zero-order chi connectivity index (χ0) is 12.8. The first-order valence-electron chi connectivity index (χ1n) is 6.67. The molecule has 0 radical (unpaired) electrons. The van der Waals surface area contributed by atoms with Gasteiger partial charge in [0.1, 0.15) is 0 Å². The van der Waals surface area contributed by atoms with Gasteiger partial charge in [-0.15, -0.1) is 0 Å². The quantitative estimate of drug-likeness (QED) is 0.755. The van der Waals surface area contributed by atoms with Crippen LogP contribution in [0, 0.1) is 0 Å². The predicted molar refractivity (Wildman–Crippen MR) is 78.0 cm³/mol. The van der Waals surface area contributed by atoms with E-state index in [9.17, 15) is 0 Å². The fourth-order valence-electron chi connectivity index (χ4n) is 2.18. The predicted octanol–water partition coefficient (Wildman–Crippen LogP) is 2.18. The second kappa shape index (κ2) is 6.57. The highest BCUT2D eigenvalue weighted by molar-refractivity contribution is 5.79. The molecule has 0 spiro atoms. The summed E-state index contributed by atoms with van der Waals surface area (Å²) >= 11 is 0. The summed E-state index contributed by atoms with van der Waals surface area (Å²) in [5, 5.41) is 4.82. The molecular formula is C15H23N3. The summed E-state index contributed by atoms with van der Waals surface area (Å²) in [6, 6.07) is 10.7. The van der Waals surface area contributed by atoms with Crippen LogP contribution in [0.15, 0.2) is 36.5 Å². The van der Waals surface area contributed by atoms with Gasteiger partial charge in [-0.1, -0.05) is 18.2 Å². The minimum Gasteiger partial charge on any atom is -0.346 e. The lowest BCUT2D eigenvalue weighted by Crippen LogP contribution is -2.24. The maximum Gasteiger partial charge on any atom is 0.0480 e. The SMILES string of the molecule is CN(C)CCCNCCn1ccc2ccccc21. The van der Waals surface area contributed by atoms with Gasteiger partial charge in [0.05, 0.1) is 0 Å². The van der Waals surface area contributed by atoms with E-state index in [1.54, 1.807) is 0 Å². The molecule has 0 aliphatic carbocycles. The number of hydrogen-bond donors (Lipinski definition) is 1. The van der Waals surface area contributed by atoms with Crippen LogP contribution in [0.3, 0.4) is 0 Å². The van der Waals surface area contributed by atoms with Crippen LogP contribution in [0.4, 0.5) is 0 Å². The number of nitrogens with one attached hydrogen (secondary N) is 1. The molecule has 0 saturated carbocycles. The van der Waals surface area contributed by atoms with Gasteiger partial charge in [0, 0.05) is 24.8 Å². The van der Waals surface area contributed by atoms with E-state index in [2.05, 4.69) is 65.4 Å². The van der Waals surface area contributed by atoms with E-state index in [-0.39, 0.29) is 0 Å². The molecule has 0 unspecified atom stereocenters. The summed E-state index contributed by atoms with van der Waals surface area (Å²) in [4.78, 5) is 2.22. The molecule has 0 bridgehead atoms. The van der Waals surface area contributed by atoms with Crippen LogP contribution in [0.1, 0.15) is 6.42 Å². The van der Waals surface area contributed by atoms with Crippen molar-refractivity contribution in [2.45, 2.75) is 13.0 Å². The average Bonchev–Trinajstić information content (AvgIpc) is 2.77. The number of aromatic nitrogens is 1. The van der Waals surface area contributed by atoms with Gasteiger partial charge in [-0.05, 0) is 51.1 Å². The second-order valence-corrected chi connectivity index (χ2v) is 4.97. The third-order valence-electron chi connectivity index (χ3n) is 3.17. The highest BCUT2D eigenvalue weighted by Gasteiger charge is 1.98. The molecule has 1 N–H and O–H groups in total. The standard InChI is InChI=1S/C15H23N3/c1-17(2)11-5-9-16-10-13-18-12-8-14-6-3-4-7-15(14)18/h3-4,6-8,12,16H,5,9-11,13H2,1-2H3. The molecule has 2 aromatic rings. The molecule has 98 valence electrons. The van der Waals surface area contributed by atoms with Crippen LogP contribution in [-0.4, -0.2) is 43.2 Å². The van der Waals surface area contributed by atoms with Crippen LogP contribution in [0.2, 0.25) is 0 Å². The largest absolute Gasteiger partial charge is 0.346 e. The average molecular weight is 245 g/mol. The lowest BCUT2D eigenvalue weighted by atomic mass is 10.2. The first kappa shape index (κ1) is 13.1. The summed E-state index contributed by atoms with van der Waals surface area (Å²) in [7, 11) is 4.23. The molecular weight excluding hydrogens is 222 g/mol. The smallest absolute Gasteiger partial charge is 0.0480 e. The number of nitrogens with zero attached hydrogens (tertiary/aromatic N) is 2. The molecule has 0 aliphatic heterocycles. The fourth-order valence-corrected chi connectivity index (χ4v) is 2.18. The van der Waals surface area contributed by atoms with Gasteiger partial charge < -0.3 is 14.8 Å².